The van der Waals surface area contributed by atoms with Crippen molar-refractivity contribution in [3.8, 4) is 28.0 Å². The van der Waals surface area contributed by atoms with E-state index < -0.39 is 0 Å². The summed E-state index contributed by atoms with van der Waals surface area (Å²) in [6, 6.07) is 30.4. The van der Waals surface area contributed by atoms with Crippen molar-refractivity contribution in [2.45, 2.75) is 59.8 Å². The third kappa shape index (κ3) is 6.25. The summed E-state index contributed by atoms with van der Waals surface area (Å²) >= 11 is 0. The minimum Gasteiger partial charge on any atom is -0.493 e. The van der Waals surface area contributed by atoms with E-state index in [0.29, 0.717) is 18.4 Å². The van der Waals surface area contributed by atoms with Gasteiger partial charge in [0.05, 0.1) is 6.61 Å². The number of anilines is 1. The topological polar surface area (TPSA) is 21.3 Å². The highest BCUT2D eigenvalue weighted by molar-refractivity contribution is 5.81. The summed E-state index contributed by atoms with van der Waals surface area (Å²) in [5.74, 6) is 1.93. The SMILES string of the molecule is Cc1ccc(OCCCNc2c(C(C)C)cccc2C(C)C)c(-c2cccc(-c3ccccc3)c2C)c1. The Bertz CT molecular complexity index is 1290. The van der Waals surface area contributed by atoms with E-state index in [-0.39, 0.29) is 0 Å². The maximum atomic E-state index is 6.40. The first-order valence-electron chi connectivity index (χ1n) is 13.6. The predicted octanol–water partition coefficient (Wildman–Crippen LogP) is 9.77. The first-order chi connectivity index (χ1) is 17.9. The van der Waals surface area contributed by atoms with Crippen molar-refractivity contribution in [1.29, 1.82) is 0 Å². The molecule has 0 amide bonds. The van der Waals surface area contributed by atoms with Crippen LogP contribution in [0.25, 0.3) is 22.3 Å². The molecular weight excluding hydrogens is 450 g/mol. The van der Waals surface area contributed by atoms with Crippen LogP contribution in [0, 0.1) is 13.8 Å². The Hall–Kier alpha value is -3.52. The fraction of sp³-hybridized carbons (Fsp3) is 0.314. The van der Waals surface area contributed by atoms with Gasteiger partial charge in [0.25, 0.3) is 0 Å². The Balaban J connectivity index is 1.49. The third-order valence-corrected chi connectivity index (χ3v) is 7.10. The molecule has 4 aromatic carbocycles. The van der Waals surface area contributed by atoms with Gasteiger partial charge in [-0.15, -0.1) is 0 Å². The molecular formula is C35H41NO. The molecule has 0 aromatic heterocycles. The summed E-state index contributed by atoms with van der Waals surface area (Å²) in [7, 11) is 0. The molecule has 0 saturated heterocycles. The van der Waals surface area contributed by atoms with E-state index in [1.165, 1.54) is 44.6 Å². The van der Waals surface area contributed by atoms with Gasteiger partial charge in [0.1, 0.15) is 5.75 Å². The van der Waals surface area contributed by atoms with Gasteiger partial charge in [0.2, 0.25) is 0 Å². The maximum absolute atomic E-state index is 6.40. The zero-order valence-corrected chi connectivity index (χ0v) is 23.3. The lowest BCUT2D eigenvalue weighted by Crippen LogP contribution is -2.12. The Kier molecular flexibility index (Phi) is 8.71. The van der Waals surface area contributed by atoms with Crippen LogP contribution in [0.3, 0.4) is 0 Å². The molecule has 4 aromatic rings. The van der Waals surface area contributed by atoms with Gasteiger partial charge in [-0.05, 0) is 77.6 Å². The minimum absolute atomic E-state index is 0.488. The van der Waals surface area contributed by atoms with E-state index in [9.17, 15) is 0 Å². The molecule has 0 fully saturated rings. The van der Waals surface area contributed by atoms with E-state index in [1.807, 2.05) is 0 Å². The maximum Gasteiger partial charge on any atom is 0.127 e. The van der Waals surface area contributed by atoms with E-state index in [1.54, 1.807) is 0 Å². The van der Waals surface area contributed by atoms with Crippen LogP contribution in [-0.4, -0.2) is 13.2 Å². The Labute approximate surface area is 223 Å². The summed E-state index contributed by atoms with van der Waals surface area (Å²) < 4.78 is 6.40. The molecule has 0 aliphatic rings. The highest BCUT2D eigenvalue weighted by Crippen LogP contribution is 2.37. The molecule has 2 heteroatoms. The summed E-state index contributed by atoms with van der Waals surface area (Å²) in [4.78, 5) is 0. The zero-order valence-electron chi connectivity index (χ0n) is 23.3. The molecule has 0 spiro atoms. The Morgan fingerprint density at radius 1 is 0.676 bits per heavy atom. The number of aryl methyl sites for hydroxylation is 1. The lowest BCUT2D eigenvalue weighted by atomic mass is 9.92. The standard InChI is InChI=1S/C35H41NO/c1-24(2)29-15-10-16-30(25(3)4)35(29)36-21-12-22-37-34-20-19-26(5)23-33(34)32-18-11-17-31(27(32)6)28-13-8-7-9-14-28/h7-11,13-20,23-25,36H,12,21-22H2,1-6H3. The van der Waals surface area contributed by atoms with Crippen LogP contribution in [0.2, 0.25) is 0 Å². The lowest BCUT2D eigenvalue weighted by molar-refractivity contribution is 0.316. The van der Waals surface area contributed by atoms with Crippen LogP contribution in [-0.2, 0) is 0 Å². The smallest absolute Gasteiger partial charge is 0.127 e. The monoisotopic (exact) mass is 491 g/mol. The summed E-state index contributed by atoms with van der Waals surface area (Å²) in [5.41, 5.74) is 11.5. The van der Waals surface area contributed by atoms with Gasteiger partial charge < -0.3 is 10.1 Å². The van der Waals surface area contributed by atoms with Crippen molar-refractivity contribution >= 4 is 5.69 Å². The number of ether oxygens (including phenoxy) is 1. The average Bonchev–Trinajstić information content (AvgIpc) is 2.89. The first-order valence-corrected chi connectivity index (χ1v) is 13.6. The summed E-state index contributed by atoms with van der Waals surface area (Å²) in [5, 5.41) is 3.74. The number of benzene rings is 4. The summed E-state index contributed by atoms with van der Waals surface area (Å²) in [6.07, 6.45) is 0.931. The molecule has 2 nitrogen and oxygen atoms in total. The van der Waals surface area contributed by atoms with Crippen molar-refractivity contribution in [2.75, 3.05) is 18.5 Å². The molecule has 0 aliphatic heterocycles. The molecule has 0 radical (unpaired) electrons. The summed E-state index contributed by atoms with van der Waals surface area (Å²) in [6.45, 7) is 15.0. The number of hydrogen-bond acceptors (Lipinski definition) is 2. The van der Waals surface area contributed by atoms with Crippen LogP contribution in [0.5, 0.6) is 5.75 Å². The number of rotatable bonds is 10. The minimum atomic E-state index is 0.488. The van der Waals surface area contributed by atoms with Gasteiger partial charge in [-0.2, -0.15) is 0 Å². The first kappa shape index (κ1) is 26.5. The molecule has 0 atom stereocenters. The van der Waals surface area contributed by atoms with Gasteiger partial charge in [0.15, 0.2) is 0 Å². The van der Waals surface area contributed by atoms with E-state index in [0.717, 1.165) is 24.3 Å². The Morgan fingerprint density at radius 3 is 2.00 bits per heavy atom. The van der Waals surface area contributed by atoms with Crippen LogP contribution < -0.4 is 10.1 Å². The van der Waals surface area contributed by atoms with E-state index in [2.05, 4.69) is 132 Å². The Morgan fingerprint density at radius 2 is 1.32 bits per heavy atom. The highest BCUT2D eigenvalue weighted by Gasteiger charge is 2.15. The second-order valence-corrected chi connectivity index (χ2v) is 10.6. The van der Waals surface area contributed by atoms with Crippen molar-refractivity contribution in [2.24, 2.45) is 0 Å². The molecule has 0 unspecified atom stereocenters. The van der Waals surface area contributed by atoms with Crippen molar-refractivity contribution in [1.82, 2.24) is 0 Å². The molecule has 0 aliphatic carbocycles. The highest BCUT2D eigenvalue weighted by atomic mass is 16.5. The van der Waals surface area contributed by atoms with Gasteiger partial charge in [-0.25, -0.2) is 0 Å². The quantitative estimate of drug-likeness (QED) is 0.223. The molecule has 37 heavy (non-hydrogen) atoms. The van der Waals surface area contributed by atoms with E-state index >= 15 is 0 Å². The normalized spacial score (nSPS) is 11.2. The van der Waals surface area contributed by atoms with Crippen LogP contribution in [0.1, 0.15) is 68.2 Å². The van der Waals surface area contributed by atoms with Crippen molar-refractivity contribution in [3.63, 3.8) is 0 Å². The predicted molar refractivity (Wildman–Crippen MR) is 160 cm³/mol. The average molecular weight is 492 g/mol. The number of nitrogens with one attached hydrogen (secondary N) is 1. The molecule has 192 valence electrons. The van der Waals surface area contributed by atoms with Crippen LogP contribution in [0.15, 0.2) is 84.9 Å². The third-order valence-electron chi connectivity index (χ3n) is 7.10. The lowest BCUT2D eigenvalue weighted by Gasteiger charge is -2.21. The van der Waals surface area contributed by atoms with Crippen molar-refractivity contribution in [3.05, 3.63) is 107 Å². The molecule has 0 saturated carbocycles. The number of hydrogen-bond donors (Lipinski definition) is 1. The van der Waals surface area contributed by atoms with Gasteiger partial charge >= 0.3 is 0 Å². The largest absolute Gasteiger partial charge is 0.493 e. The van der Waals surface area contributed by atoms with Crippen LogP contribution in [0.4, 0.5) is 5.69 Å². The fourth-order valence-corrected chi connectivity index (χ4v) is 5.06. The molecule has 0 heterocycles. The van der Waals surface area contributed by atoms with Gasteiger partial charge in [-0.3, -0.25) is 0 Å². The second kappa shape index (κ2) is 12.1. The molecule has 0 bridgehead atoms. The second-order valence-electron chi connectivity index (χ2n) is 10.6. The van der Waals surface area contributed by atoms with Gasteiger partial charge in [-0.1, -0.05) is 106 Å². The van der Waals surface area contributed by atoms with E-state index in [4.69, 9.17) is 4.74 Å². The number of para-hydroxylation sites is 1. The molecule has 4 rings (SSSR count). The van der Waals surface area contributed by atoms with Crippen LogP contribution >= 0.6 is 0 Å². The molecule has 1 N–H and O–H groups in total. The zero-order chi connectivity index (χ0) is 26.4. The fourth-order valence-electron chi connectivity index (χ4n) is 5.06. The van der Waals surface area contributed by atoms with Crippen molar-refractivity contribution < 1.29 is 4.74 Å². The van der Waals surface area contributed by atoms with Gasteiger partial charge in [0, 0.05) is 17.8 Å².